The lowest BCUT2D eigenvalue weighted by Gasteiger charge is -1.98. The number of aromatic nitrogens is 2. The fourth-order valence-electron chi connectivity index (χ4n) is 2.53. The Morgan fingerprint density at radius 1 is 1.12 bits per heavy atom. The Balaban J connectivity index is 0.000000206. The summed E-state index contributed by atoms with van der Waals surface area (Å²) in [6.45, 7) is 4.22. The first-order valence-electron chi connectivity index (χ1n) is 8.11. The SMILES string of the molecule is CC1(C)CC1c1nnc(-c2ccc(F)cc2F)o1.NSc1ccccc1. The molecule has 3 aromatic rings. The molecule has 0 aliphatic heterocycles. The first-order valence-corrected chi connectivity index (χ1v) is 8.99. The highest BCUT2D eigenvalue weighted by Gasteiger charge is 2.50. The van der Waals surface area contributed by atoms with Gasteiger partial charge in [0.15, 0.2) is 0 Å². The van der Waals surface area contributed by atoms with E-state index in [0.29, 0.717) is 5.89 Å². The van der Waals surface area contributed by atoms with Gasteiger partial charge in [-0.2, -0.15) is 0 Å². The second-order valence-electron chi connectivity index (χ2n) is 6.75. The Hall–Kier alpha value is -2.25. The Kier molecular flexibility index (Phi) is 5.38. The molecule has 0 bridgehead atoms. The minimum Gasteiger partial charge on any atom is -0.420 e. The van der Waals surface area contributed by atoms with E-state index in [9.17, 15) is 8.78 Å². The van der Waals surface area contributed by atoms with Crippen molar-refractivity contribution < 1.29 is 13.2 Å². The van der Waals surface area contributed by atoms with E-state index in [1.807, 2.05) is 30.3 Å². The molecule has 1 aromatic heterocycles. The topological polar surface area (TPSA) is 64.9 Å². The predicted octanol–water partition coefficient (Wildman–Crippen LogP) is 5.18. The van der Waals surface area contributed by atoms with Crippen LogP contribution in [0.3, 0.4) is 0 Å². The number of halogens is 2. The van der Waals surface area contributed by atoms with Crippen LogP contribution in [0, 0.1) is 17.0 Å². The molecule has 1 atom stereocenters. The third kappa shape index (κ3) is 4.28. The lowest BCUT2D eigenvalue weighted by atomic mass is 10.1. The zero-order valence-electron chi connectivity index (χ0n) is 14.4. The van der Waals surface area contributed by atoms with Crippen molar-refractivity contribution in [2.45, 2.75) is 31.1 Å². The maximum atomic E-state index is 13.5. The Morgan fingerprint density at radius 2 is 1.81 bits per heavy atom. The van der Waals surface area contributed by atoms with Crippen LogP contribution in [-0.2, 0) is 0 Å². The molecular formula is C19H19F2N3OS. The van der Waals surface area contributed by atoms with Gasteiger partial charge in [-0.15, -0.1) is 10.2 Å². The van der Waals surface area contributed by atoms with Crippen molar-refractivity contribution in [3.63, 3.8) is 0 Å². The first-order chi connectivity index (χ1) is 12.4. The van der Waals surface area contributed by atoms with Crippen molar-refractivity contribution in [2.24, 2.45) is 10.6 Å². The molecular weight excluding hydrogens is 356 g/mol. The molecule has 1 saturated carbocycles. The fraction of sp³-hybridized carbons (Fsp3) is 0.263. The molecule has 4 nitrogen and oxygen atoms in total. The summed E-state index contributed by atoms with van der Waals surface area (Å²) >= 11 is 1.27. The van der Waals surface area contributed by atoms with Crippen LogP contribution in [0.4, 0.5) is 8.78 Å². The van der Waals surface area contributed by atoms with E-state index in [0.717, 1.165) is 17.4 Å². The molecule has 2 N–H and O–H groups in total. The van der Waals surface area contributed by atoms with E-state index < -0.39 is 11.6 Å². The summed E-state index contributed by atoms with van der Waals surface area (Å²) in [5.41, 5.74) is 0.305. The zero-order chi connectivity index (χ0) is 18.7. The average Bonchev–Trinajstić information content (AvgIpc) is 3.04. The van der Waals surface area contributed by atoms with Crippen LogP contribution < -0.4 is 5.14 Å². The van der Waals surface area contributed by atoms with Crippen molar-refractivity contribution in [2.75, 3.05) is 0 Å². The van der Waals surface area contributed by atoms with Crippen LogP contribution >= 0.6 is 11.9 Å². The minimum absolute atomic E-state index is 0.102. The van der Waals surface area contributed by atoms with Gasteiger partial charge in [-0.05, 0) is 48.0 Å². The molecule has 0 saturated heterocycles. The predicted molar refractivity (Wildman–Crippen MR) is 97.3 cm³/mol. The van der Waals surface area contributed by atoms with Gasteiger partial charge in [-0.3, -0.25) is 5.14 Å². The number of benzene rings is 2. The molecule has 2 aromatic carbocycles. The van der Waals surface area contributed by atoms with E-state index >= 15 is 0 Å². The average molecular weight is 375 g/mol. The number of nitrogens with two attached hydrogens (primary N) is 1. The Morgan fingerprint density at radius 3 is 2.35 bits per heavy atom. The molecule has 136 valence electrons. The van der Waals surface area contributed by atoms with E-state index in [1.54, 1.807) is 0 Å². The summed E-state index contributed by atoms with van der Waals surface area (Å²) in [7, 11) is 0. The van der Waals surface area contributed by atoms with E-state index in [4.69, 9.17) is 9.56 Å². The van der Waals surface area contributed by atoms with Crippen molar-refractivity contribution in [3.8, 4) is 11.5 Å². The van der Waals surface area contributed by atoms with Gasteiger partial charge in [-0.25, -0.2) is 8.78 Å². The zero-order valence-corrected chi connectivity index (χ0v) is 15.3. The third-order valence-corrected chi connectivity index (χ3v) is 4.84. The largest absolute Gasteiger partial charge is 0.420 e. The first kappa shape index (κ1) is 18.5. The molecule has 4 rings (SSSR count). The van der Waals surface area contributed by atoms with Crippen molar-refractivity contribution in [3.05, 3.63) is 66.1 Å². The maximum absolute atomic E-state index is 13.5. The summed E-state index contributed by atoms with van der Waals surface area (Å²) < 4.78 is 31.8. The van der Waals surface area contributed by atoms with Gasteiger partial charge in [0.2, 0.25) is 5.89 Å². The lowest BCUT2D eigenvalue weighted by Crippen LogP contribution is -1.89. The molecule has 0 amide bonds. The highest BCUT2D eigenvalue weighted by atomic mass is 32.2. The van der Waals surface area contributed by atoms with Gasteiger partial charge in [0.25, 0.3) is 5.89 Å². The van der Waals surface area contributed by atoms with Gasteiger partial charge >= 0.3 is 0 Å². The van der Waals surface area contributed by atoms with Gasteiger partial charge < -0.3 is 4.42 Å². The summed E-state index contributed by atoms with van der Waals surface area (Å²) in [5, 5.41) is 13.0. The highest BCUT2D eigenvalue weighted by Crippen LogP contribution is 2.58. The van der Waals surface area contributed by atoms with Crippen LogP contribution in [0.25, 0.3) is 11.5 Å². The van der Waals surface area contributed by atoms with E-state index in [1.165, 1.54) is 24.1 Å². The molecule has 1 heterocycles. The summed E-state index contributed by atoms with van der Waals surface area (Å²) in [6, 6.07) is 13.1. The number of hydrogen-bond acceptors (Lipinski definition) is 5. The quantitative estimate of drug-likeness (QED) is 0.639. The third-order valence-electron chi connectivity index (χ3n) is 4.29. The van der Waals surface area contributed by atoms with Crippen molar-refractivity contribution in [1.29, 1.82) is 0 Å². The van der Waals surface area contributed by atoms with Gasteiger partial charge in [0, 0.05) is 16.9 Å². The number of hydrogen-bond donors (Lipinski definition) is 1. The molecule has 26 heavy (non-hydrogen) atoms. The standard InChI is InChI=1S/C13H12F2N2O.C6H7NS/c1-13(2)6-9(13)12-17-16-11(18-12)8-4-3-7(14)5-10(8)15;7-8-6-4-2-1-3-5-6/h3-5,9H,6H2,1-2H3;1-5H,7H2. The van der Waals surface area contributed by atoms with Gasteiger partial charge in [0.1, 0.15) is 11.6 Å². The van der Waals surface area contributed by atoms with E-state index in [-0.39, 0.29) is 22.8 Å². The molecule has 1 fully saturated rings. The molecule has 7 heteroatoms. The van der Waals surface area contributed by atoms with Crippen LogP contribution in [-0.4, -0.2) is 10.2 Å². The van der Waals surface area contributed by atoms with Crippen molar-refractivity contribution in [1.82, 2.24) is 10.2 Å². The monoisotopic (exact) mass is 375 g/mol. The van der Waals surface area contributed by atoms with Crippen LogP contribution in [0.2, 0.25) is 0 Å². The van der Waals surface area contributed by atoms with Gasteiger partial charge in [-0.1, -0.05) is 32.0 Å². The normalized spacial score (nSPS) is 17.3. The summed E-state index contributed by atoms with van der Waals surface area (Å²) in [4.78, 5) is 1.10. The molecule has 0 radical (unpaired) electrons. The van der Waals surface area contributed by atoms with E-state index in [2.05, 4.69) is 24.0 Å². The highest BCUT2D eigenvalue weighted by molar-refractivity contribution is 7.97. The van der Waals surface area contributed by atoms with Gasteiger partial charge in [0.05, 0.1) is 5.56 Å². The van der Waals surface area contributed by atoms with Crippen LogP contribution in [0.15, 0.2) is 57.8 Å². The Bertz CT molecular complexity index is 884. The molecule has 1 unspecified atom stereocenters. The summed E-state index contributed by atoms with van der Waals surface area (Å²) in [5.74, 6) is -0.453. The van der Waals surface area contributed by atoms with Crippen LogP contribution in [0.1, 0.15) is 32.1 Å². The van der Waals surface area contributed by atoms with Crippen molar-refractivity contribution >= 4 is 11.9 Å². The second kappa shape index (κ2) is 7.55. The summed E-state index contributed by atoms with van der Waals surface area (Å²) in [6.07, 6.45) is 0.987. The molecule has 0 spiro atoms. The second-order valence-corrected chi connectivity index (χ2v) is 7.45. The minimum atomic E-state index is -0.694. The molecule has 1 aliphatic rings. The Labute approximate surface area is 155 Å². The smallest absolute Gasteiger partial charge is 0.250 e. The number of nitrogens with zero attached hydrogens (tertiary/aromatic N) is 2. The maximum Gasteiger partial charge on any atom is 0.250 e. The fourth-order valence-corrected chi connectivity index (χ4v) is 2.85. The lowest BCUT2D eigenvalue weighted by molar-refractivity contribution is 0.473. The number of rotatable bonds is 3. The molecule has 1 aliphatic carbocycles. The van der Waals surface area contributed by atoms with Crippen LogP contribution in [0.5, 0.6) is 0 Å².